The Balaban J connectivity index is 2.26. The van der Waals surface area contributed by atoms with Crippen LogP contribution in [0.15, 0.2) is 0 Å². The second-order valence-corrected chi connectivity index (χ2v) is 3.85. The molecule has 1 rings (SSSR count). The van der Waals surface area contributed by atoms with E-state index in [0.29, 0.717) is 13.2 Å². The van der Waals surface area contributed by atoms with Crippen molar-refractivity contribution in [1.29, 1.82) is 5.26 Å². The maximum atomic E-state index is 11.5. The first-order chi connectivity index (χ1) is 6.63. The normalized spacial score (nSPS) is 28.1. The Kier molecular flexibility index (Phi) is 3.90. The molecule has 0 aromatic heterocycles. The molecule has 1 saturated heterocycles. The Morgan fingerprint density at radius 3 is 3.00 bits per heavy atom. The number of rotatable bonds is 3. The van der Waals surface area contributed by atoms with Crippen LogP contribution in [0.3, 0.4) is 0 Å². The smallest absolute Gasteiger partial charge is 0.225 e. The molecule has 1 heterocycles. The molecule has 78 valence electrons. The third kappa shape index (κ3) is 3.00. The molecule has 4 nitrogen and oxygen atoms in total. The van der Waals surface area contributed by atoms with Gasteiger partial charge in [0.05, 0.1) is 30.6 Å². The van der Waals surface area contributed by atoms with E-state index >= 15 is 0 Å². The van der Waals surface area contributed by atoms with Gasteiger partial charge < -0.3 is 10.1 Å². The first kappa shape index (κ1) is 11.0. The number of carbonyl (C=O) groups excluding carboxylic acids is 1. The lowest BCUT2D eigenvalue weighted by Gasteiger charge is -2.09. The number of hydrogen-bond acceptors (Lipinski definition) is 3. The van der Waals surface area contributed by atoms with E-state index < -0.39 is 0 Å². The SMILES string of the molecule is CC(C#N)CNC(=O)C1COC(C)C1. The summed E-state index contributed by atoms with van der Waals surface area (Å²) in [7, 11) is 0. The molecule has 0 saturated carbocycles. The van der Waals surface area contributed by atoms with Gasteiger partial charge >= 0.3 is 0 Å². The highest BCUT2D eigenvalue weighted by Gasteiger charge is 2.27. The first-order valence-electron chi connectivity index (χ1n) is 4.92. The maximum Gasteiger partial charge on any atom is 0.225 e. The minimum atomic E-state index is -0.126. The van der Waals surface area contributed by atoms with Crippen LogP contribution in [0.4, 0.5) is 0 Å². The molecule has 1 fully saturated rings. The van der Waals surface area contributed by atoms with Crippen molar-refractivity contribution in [3.63, 3.8) is 0 Å². The van der Waals surface area contributed by atoms with Gasteiger partial charge in [0.1, 0.15) is 0 Å². The lowest BCUT2D eigenvalue weighted by molar-refractivity contribution is -0.125. The van der Waals surface area contributed by atoms with Crippen molar-refractivity contribution in [2.24, 2.45) is 11.8 Å². The van der Waals surface area contributed by atoms with Crippen LogP contribution in [-0.4, -0.2) is 25.2 Å². The van der Waals surface area contributed by atoms with E-state index in [1.165, 1.54) is 0 Å². The van der Waals surface area contributed by atoms with Crippen molar-refractivity contribution < 1.29 is 9.53 Å². The zero-order valence-corrected chi connectivity index (χ0v) is 8.62. The van der Waals surface area contributed by atoms with Crippen LogP contribution < -0.4 is 5.32 Å². The molecule has 0 aromatic carbocycles. The van der Waals surface area contributed by atoms with E-state index in [0.717, 1.165) is 6.42 Å². The molecule has 0 bridgehead atoms. The van der Waals surface area contributed by atoms with Crippen LogP contribution in [0.1, 0.15) is 20.3 Å². The fourth-order valence-corrected chi connectivity index (χ4v) is 1.44. The quantitative estimate of drug-likeness (QED) is 0.722. The van der Waals surface area contributed by atoms with Crippen LogP contribution in [0.25, 0.3) is 0 Å². The van der Waals surface area contributed by atoms with Crippen LogP contribution in [0.2, 0.25) is 0 Å². The molecule has 3 atom stereocenters. The summed E-state index contributed by atoms with van der Waals surface area (Å²) in [6.07, 6.45) is 0.964. The van der Waals surface area contributed by atoms with Crippen molar-refractivity contribution in [3.8, 4) is 6.07 Å². The average Bonchev–Trinajstić information content (AvgIpc) is 2.60. The Hall–Kier alpha value is -1.08. The fourth-order valence-electron chi connectivity index (χ4n) is 1.44. The zero-order chi connectivity index (χ0) is 10.6. The fraction of sp³-hybridized carbons (Fsp3) is 0.800. The molecule has 1 N–H and O–H groups in total. The topological polar surface area (TPSA) is 62.1 Å². The molecule has 3 unspecified atom stereocenters. The monoisotopic (exact) mass is 196 g/mol. The van der Waals surface area contributed by atoms with Gasteiger partial charge in [0.25, 0.3) is 0 Å². The van der Waals surface area contributed by atoms with Gasteiger partial charge in [0.2, 0.25) is 5.91 Å². The lowest BCUT2D eigenvalue weighted by atomic mass is 10.1. The number of nitrogens with one attached hydrogen (secondary N) is 1. The predicted octanol–water partition coefficient (Wildman–Crippen LogP) is 0.687. The van der Waals surface area contributed by atoms with E-state index in [1.54, 1.807) is 6.92 Å². The molecule has 0 aliphatic carbocycles. The second kappa shape index (κ2) is 4.97. The molecule has 1 aliphatic heterocycles. The number of carbonyl (C=O) groups is 1. The van der Waals surface area contributed by atoms with Gasteiger partial charge in [-0.2, -0.15) is 5.26 Å². The van der Waals surface area contributed by atoms with Gasteiger partial charge in [0, 0.05) is 6.54 Å². The lowest BCUT2D eigenvalue weighted by Crippen LogP contribution is -2.33. The summed E-state index contributed by atoms with van der Waals surface area (Å²) in [5, 5.41) is 11.3. The van der Waals surface area contributed by atoms with Crippen molar-refractivity contribution in [2.75, 3.05) is 13.2 Å². The van der Waals surface area contributed by atoms with Crippen LogP contribution in [0, 0.1) is 23.2 Å². The summed E-state index contributed by atoms with van der Waals surface area (Å²) in [6, 6.07) is 2.07. The summed E-state index contributed by atoms with van der Waals surface area (Å²) in [5.41, 5.74) is 0. The molecule has 1 aliphatic rings. The number of nitriles is 1. The van der Waals surface area contributed by atoms with Gasteiger partial charge in [0.15, 0.2) is 0 Å². The average molecular weight is 196 g/mol. The highest BCUT2D eigenvalue weighted by atomic mass is 16.5. The Morgan fingerprint density at radius 2 is 2.50 bits per heavy atom. The van der Waals surface area contributed by atoms with Crippen molar-refractivity contribution >= 4 is 5.91 Å². The van der Waals surface area contributed by atoms with Crippen LogP contribution >= 0.6 is 0 Å². The number of nitrogens with zero attached hydrogens (tertiary/aromatic N) is 1. The molecule has 1 amide bonds. The Morgan fingerprint density at radius 1 is 1.79 bits per heavy atom. The molecular weight excluding hydrogens is 180 g/mol. The molecule has 4 heteroatoms. The second-order valence-electron chi connectivity index (χ2n) is 3.85. The van der Waals surface area contributed by atoms with Crippen molar-refractivity contribution in [3.05, 3.63) is 0 Å². The van der Waals surface area contributed by atoms with E-state index in [9.17, 15) is 4.79 Å². The number of ether oxygens (including phenoxy) is 1. The summed E-state index contributed by atoms with van der Waals surface area (Å²) in [6.45, 7) is 4.69. The summed E-state index contributed by atoms with van der Waals surface area (Å²) >= 11 is 0. The van der Waals surface area contributed by atoms with E-state index in [-0.39, 0.29) is 23.8 Å². The van der Waals surface area contributed by atoms with Gasteiger partial charge in [-0.25, -0.2) is 0 Å². The van der Waals surface area contributed by atoms with Crippen molar-refractivity contribution in [2.45, 2.75) is 26.4 Å². The number of amides is 1. The maximum absolute atomic E-state index is 11.5. The van der Waals surface area contributed by atoms with Gasteiger partial charge in [-0.05, 0) is 20.3 Å². The highest BCUT2D eigenvalue weighted by Crippen LogP contribution is 2.18. The molecular formula is C10H16N2O2. The van der Waals surface area contributed by atoms with E-state index in [1.807, 2.05) is 6.92 Å². The molecule has 0 spiro atoms. The van der Waals surface area contributed by atoms with E-state index in [4.69, 9.17) is 10.00 Å². The molecule has 0 radical (unpaired) electrons. The highest BCUT2D eigenvalue weighted by molar-refractivity contribution is 5.79. The largest absolute Gasteiger partial charge is 0.378 e. The van der Waals surface area contributed by atoms with Crippen molar-refractivity contribution in [1.82, 2.24) is 5.32 Å². The third-order valence-corrected chi connectivity index (χ3v) is 2.37. The molecule has 0 aromatic rings. The minimum absolute atomic E-state index is 0.0106. The summed E-state index contributed by atoms with van der Waals surface area (Å²) in [4.78, 5) is 11.5. The van der Waals surface area contributed by atoms with Gasteiger partial charge in [-0.3, -0.25) is 4.79 Å². The van der Waals surface area contributed by atoms with E-state index in [2.05, 4.69) is 11.4 Å². The molecule has 14 heavy (non-hydrogen) atoms. The first-order valence-corrected chi connectivity index (χ1v) is 4.92. The van der Waals surface area contributed by atoms with Gasteiger partial charge in [-0.15, -0.1) is 0 Å². The predicted molar refractivity (Wildman–Crippen MR) is 51.3 cm³/mol. The van der Waals surface area contributed by atoms with Crippen LogP contribution in [-0.2, 0) is 9.53 Å². The standard InChI is InChI=1S/C10H16N2O2/c1-7(4-11)5-12-10(13)9-3-8(2)14-6-9/h7-9H,3,5-6H2,1-2H3,(H,12,13). The van der Waals surface area contributed by atoms with Gasteiger partial charge in [-0.1, -0.05) is 0 Å². The number of hydrogen-bond donors (Lipinski definition) is 1. The zero-order valence-electron chi connectivity index (χ0n) is 8.62. The minimum Gasteiger partial charge on any atom is -0.378 e. The van der Waals surface area contributed by atoms with Crippen LogP contribution in [0.5, 0.6) is 0 Å². The summed E-state index contributed by atoms with van der Waals surface area (Å²) < 4.78 is 5.29. The Bertz CT molecular complexity index is 247. The summed E-state index contributed by atoms with van der Waals surface area (Å²) in [5.74, 6) is -0.147. The third-order valence-electron chi connectivity index (χ3n) is 2.37. The Labute approximate surface area is 84.2 Å².